The Morgan fingerprint density at radius 1 is 1.60 bits per heavy atom. The lowest BCUT2D eigenvalue weighted by atomic mass is 10.2. The first-order chi connectivity index (χ1) is 9.61. The Hall–Kier alpha value is -2.53. The zero-order valence-electron chi connectivity index (χ0n) is 10.6. The lowest BCUT2D eigenvalue weighted by molar-refractivity contribution is -0.385. The number of hydrogen-bond donors (Lipinski definition) is 1. The summed E-state index contributed by atoms with van der Waals surface area (Å²) in [5.41, 5.74) is -0.479. The minimum absolute atomic E-state index is 0.192. The van der Waals surface area contributed by atoms with Crippen LogP contribution in [-0.4, -0.2) is 21.4 Å². The number of nitrogens with zero attached hydrogens (tertiary/aromatic N) is 4. The number of nitrogens with one attached hydrogen (secondary N) is 1. The predicted octanol–water partition coefficient (Wildman–Crippen LogP) is 2.53. The maximum absolute atomic E-state index is 10.7. The molecule has 0 aliphatic rings. The summed E-state index contributed by atoms with van der Waals surface area (Å²) in [7, 11) is 0. The monoisotopic (exact) mass is 289 g/mol. The molecule has 2 aromatic rings. The molecule has 0 fully saturated rings. The molecule has 2 aromatic heterocycles. The lowest BCUT2D eigenvalue weighted by Gasteiger charge is -2.10. The summed E-state index contributed by atoms with van der Waals surface area (Å²) in [6, 6.07) is 4.50. The maximum Gasteiger partial charge on any atom is 0.305 e. The standard InChI is InChI=1S/C12H11N5O2S/c1-8(12-14-4-5-20-12)7-15-11-3-2-10(17(18)19)9(6-13)16-11/h2-5,8H,7H2,1H3,(H,15,16). The van der Waals surface area contributed by atoms with Crippen molar-refractivity contribution in [3.8, 4) is 6.07 Å². The summed E-state index contributed by atoms with van der Waals surface area (Å²) in [6.45, 7) is 2.60. The highest BCUT2D eigenvalue weighted by Gasteiger charge is 2.16. The van der Waals surface area contributed by atoms with E-state index in [1.54, 1.807) is 23.6 Å². The second kappa shape index (κ2) is 6.08. The molecule has 0 saturated heterocycles. The summed E-state index contributed by atoms with van der Waals surface area (Å²) in [6.07, 6.45) is 1.74. The Balaban J connectivity index is 2.07. The molecule has 1 unspecified atom stereocenters. The number of nitriles is 1. The number of nitro groups is 1. The quantitative estimate of drug-likeness (QED) is 0.669. The largest absolute Gasteiger partial charge is 0.369 e. The molecule has 0 amide bonds. The molecular weight excluding hydrogens is 278 g/mol. The SMILES string of the molecule is CC(CNc1ccc([N+](=O)[O-])c(C#N)n1)c1nccs1. The van der Waals surface area contributed by atoms with Crippen molar-refractivity contribution < 1.29 is 4.92 Å². The van der Waals surface area contributed by atoms with Gasteiger partial charge in [0.05, 0.1) is 9.93 Å². The van der Waals surface area contributed by atoms with E-state index < -0.39 is 4.92 Å². The van der Waals surface area contributed by atoms with Crippen LogP contribution < -0.4 is 5.32 Å². The maximum atomic E-state index is 10.7. The van der Waals surface area contributed by atoms with Gasteiger partial charge in [0.1, 0.15) is 11.9 Å². The molecule has 7 nitrogen and oxygen atoms in total. The van der Waals surface area contributed by atoms with Gasteiger partial charge in [-0.05, 0) is 6.07 Å². The van der Waals surface area contributed by atoms with E-state index in [0.717, 1.165) is 5.01 Å². The Labute approximate surface area is 119 Å². The van der Waals surface area contributed by atoms with Crippen molar-refractivity contribution in [2.24, 2.45) is 0 Å². The molecule has 20 heavy (non-hydrogen) atoms. The average Bonchev–Trinajstić information content (AvgIpc) is 2.98. The zero-order chi connectivity index (χ0) is 14.5. The highest BCUT2D eigenvalue weighted by molar-refractivity contribution is 7.09. The fraction of sp³-hybridized carbons (Fsp3) is 0.250. The zero-order valence-corrected chi connectivity index (χ0v) is 11.4. The highest BCUT2D eigenvalue weighted by Crippen LogP contribution is 2.20. The predicted molar refractivity (Wildman–Crippen MR) is 74.6 cm³/mol. The Morgan fingerprint density at radius 3 is 3.00 bits per heavy atom. The normalized spacial score (nSPS) is 11.6. The molecule has 0 aromatic carbocycles. The molecule has 0 bridgehead atoms. The van der Waals surface area contributed by atoms with E-state index in [2.05, 4.69) is 15.3 Å². The number of hydrogen-bond acceptors (Lipinski definition) is 7. The molecule has 8 heteroatoms. The molecule has 0 radical (unpaired) electrons. The fourth-order valence-electron chi connectivity index (χ4n) is 1.60. The van der Waals surface area contributed by atoms with Gasteiger partial charge in [0.2, 0.25) is 5.69 Å². The summed E-state index contributed by atoms with van der Waals surface area (Å²) >= 11 is 1.57. The first kappa shape index (κ1) is 13.9. The molecule has 0 saturated carbocycles. The summed E-state index contributed by atoms with van der Waals surface area (Å²) in [5, 5.41) is 25.5. The molecule has 102 valence electrons. The van der Waals surface area contributed by atoms with Crippen LogP contribution in [0.1, 0.15) is 23.5 Å². The van der Waals surface area contributed by atoms with Gasteiger partial charge in [0, 0.05) is 30.1 Å². The van der Waals surface area contributed by atoms with Gasteiger partial charge in [-0.25, -0.2) is 9.97 Å². The van der Waals surface area contributed by atoms with E-state index in [4.69, 9.17) is 5.26 Å². The van der Waals surface area contributed by atoms with Gasteiger partial charge < -0.3 is 5.32 Å². The van der Waals surface area contributed by atoms with Crippen LogP contribution in [0.5, 0.6) is 0 Å². The van der Waals surface area contributed by atoms with E-state index in [-0.39, 0.29) is 17.3 Å². The van der Waals surface area contributed by atoms with Crippen LogP contribution in [0, 0.1) is 21.4 Å². The van der Waals surface area contributed by atoms with E-state index in [0.29, 0.717) is 12.4 Å². The van der Waals surface area contributed by atoms with Gasteiger partial charge in [-0.3, -0.25) is 10.1 Å². The number of aromatic nitrogens is 2. The number of thiazole rings is 1. The third kappa shape index (κ3) is 3.07. The van der Waals surface area contributed by atoms with Crippen LogP contribution >= 0.6 is 11.3 Å². The van der Waals surface area contributed by atoms with E-state index in [1.165, 1.54) is 12.1 Å². The molecule has 1 N–H and O–H groups in total. The summed E-state index contributed by atoms with van der Waals surface area (Å²) in [5.74, 6) is 0.632. The third-order valence-electron chi connectivity index (χ3n) is 2.64. The minimum atomic E-state index is -0.618. The lowest BCUT2D eigenvalue weighted by Crippen LogP contribution is -2.11. The third-order valence-corrected chi connectivity index (χ3v) is 3.65. The second-order valence-electron chi connectivity index (χ2n) is 4.09. The van der Waals surface area contributed by atoms with Crippen LogP contribution in [0.4, 0.5) is 11.5 Å². The average molecular weight is 289 g/mol. The van der Waals surface area contributed by atoms with Gasteiger partial charge >= 0.3 is 5.69 Å². The van der Waals surface area contributed by atoms with Crippen LogP contribution in [0.3, 0.4) is 0 Å². The summed E-state index contributed by atoms with van der Waals surface area (Å²) < 4.78 is 0. The number of pyridine rings is 1. The van der Waals surface area contributed by atoms with E-state index >= 15 is 0 Å². The van der Waals surface area contributed by atoms with E-state index in [1.807, 2.05) is 12.3 Å². The topological polar surface area (TPSA) is 105 Å². The number of rotatable bonds is 5. The minimum Gasteiger partial charge on any atom is -0.369 e. The molecular formula is C12H11N5O2S. The van der Waals surface area contributed by atoms with Crippen molar-refractivity contribution in [1.29, 1.82) is 5.26 Å². The van der Waals surface area contributed by atoms with Gasteiger partial charge in [-0.1, -0.05) is 6.92 Å². The van der Waals surface area contributed by atoms with Crippen LogP contribution in [0.15, 0.2) is 23.7 Å². The fourth-order valence-corrected chi connectivity index (χ4v) is 2.30. The van der Waals surface area contributed by atoms with Gasteiger partial charge in [-0.2, -0.15) is 5.26 Å². The summed E-state index contributed by atoms with van der Waals surface area (Å²) in [4.78, 5) is 18.2. The van der Waals surface area contributed by atoms with Crippen molar-refractivity contribution in [2.45, 2.75) is 12.8 Å². The van der Waals surface area contributed by atoms with Crippen LogP contribution in [-0.2, 0) is 0 Å². The van der Waals surface area contributed by atoms with Crippen molar-refractivity contribution in [3.05, 3.63) is 44.5 Å². The molecule has 1 atom stereocenters. The van der Waals surface area contributed by atoms with Crippen LogP contribution in [0.25, 0.3) is 0 Å². The van der Waals surface area contributed by atoms with Gasteiger partial charge in [0.15, 0.2) is 0 Å². The van der Waals surface area contributed by atoms with Crippen LogP contribution in [0.2, 0.25) is 0 Å². The smallest absolute Gasteiger partial charge is 0.305 e. The molecule has 0 aliphatic carbocycles. The molecule has 0 aliphatic heterocycles. The van der Waals surface area contributed by atoms with Crippen molar-refractivity contribution in [1.82, 2.24) is 9.97 Å². The molecule has 0 spiro atoms. The van der Waals surface area contributed by atoms with Crippen molar-refractivity contribution in [2.75, 3.05) is 11.9 Å². The Morgan fingerprint density at radius 2 is 2.40 bits per heavy atom. The Bertz CT molecular complexity index is 650. The molecule has 2 heterocycles. The Kier molecular flexibility index (Phi) is 4.22. The first-order valence-corrected chi connectivity index (χ1v) is 6.68. The number of anilines is 1. The molecule has 2 rings (SSSR count). The highest BCUT2D eigenvalue weighted by atomic mass is 32.1. The van der Waals surface area contributed by atoms with E-state index in [9.17, 15) is 10.1 Å². The first-order valence-electron chi connectivity index (χ1n) is 5.80. The van der Waals surface area contributed by atoms with Gasteiger partial charge in [-0.15, -0.1) is 11.3 Å². The van der Waals surface area contributed by atoms with Crippen molar-refractivity contribution >= 4 is 22.8 Å². The van der Waals surface area contributed by atoms with Gasteiger partial charge in [0.25, 0.3) is 0 Å². The second-order valence-corrected chi connectivity index (χ2v) is 5.01. The van der Waals surface area contributed by atoms with Crippen molar-refractivity contribution in [3.63, 3.8) is 0 Å².